The maximum absolute atomic E-state index is 10.4. The zero-order valence-electron chi connectivity index (χ0n) is 7.94. The molecule has 1 rings (SSSR count). The molecule has 13 heavy (non-hydrogen) atoms. The van der Waals surface area contributed by atoms with Gasteiger partial charge >= 0.3 is 5.97 Å². The minimum atomic E-state index is -0.750. The molecule has 1 fully saturated rings. The van der Waals surface area contributed by atoms with E-state index in [1.165, 1.54) is 0 Å². The molecule has 1 aliphatic rings. The molecular formula is C9H17NO3. The molecule has 0 aromatic carbocycles. The fourth-order valence-corrected chi connectivity index (χ4v) is 1.79. The largest absolute Gasteiger partial charge is 0.481 e. The summed E-state index contributed by atoms with van der Waals surface area (Å²) in [5.74, 6) is -0.406. The van der Waals surface area contributed by atoms with Gasteiger partial charge in [0.25, 0.3) is 0 Å². The van der Waals surface area contributed by atoms with Gasteiger partial charge < -0.3 is 10.2 Å². The second-order valence-corrected chi connectivity index (χ2v) is 3.78. The Morgan fingerprint density at radius 1 is 1.69 bits per heavy atom. The van der Waals surface area contributed by atoms with Gasteiger partial charge in [0, 0.05) is 19.2 Å². The summed E-state index contributed by atoms with van der Waals surface area (Å²) < 4.78 is 0. The van der Waals surface area contributed by atoms with Crippen LogP contribution in [0.25, 0.3) is 0 Å². The van der Waals surface area contributed by atoms with E-state index in [9.17, 15) is 4.79 Å². The summed E-state index contributed by atoms with van der Waals surface area (Å²) in [6, 6.07) is 0.0917. The molecule has 2 atom stereocenters. The van der Waals surface area contributed by atoms with Crippen LogP contribution in [-0.4, -0.2) is 46.8 Å². The third-order valence-electron chi connectivity index (χ3n) is 2.67. The van der Waals surface area contributed by atoms with E-state index in [0.717, 1.165) is 19.5 Å². The van der Waals surface area contributed by atoms with Crippen molar-refractivity contribution >= 4 is 5.97 Å². The fourth-order valence-electron chi connectivity index (χ4n) is 1.79. The van der Waals surface area contributed by atoms with Crippen molar-refractivity contribution in [1.29, 1.82) is 0 Å². The summed E-state index contributed by atoms with van der Waals surface area (Å²) in [7, 11) is 0. The van der Waals surface area contributed by atoms with E-state index < -0.39 is 5.97 Å². The standard InChI is InChI=1S/C9H17NO3/c1-7(4-9(12)13)10-3-2-8(5-10)6-11/h7-8,11H,2-6H2,1H3,(H,12,13). The molecule has 2 N–H and O–H groups in total. The molecular weight excluding hydrogens is 170 g/mol. The van der Waals surface area contributed by atoms with Gasteiger partial charge in [0.2, 0.25) is 0 Å². The lowest BCUT2D eigenvalue weighted by molar-refractivity contribution is -0.138. The van der Waals surface area contributed by atoms with E-state index in [1.807, 2.05) is 6.92 Å². The zero-order valence-corrected chi connectivity index (χ0v) is 7.94. The number of likely N-dealkylation sites (tertiary alicyclic amines) is 1. The van der Waals surface area contributed by atoms with Crippen LogP contribution in [0, 0.1) is 5.92 Å². The second-order valence-electron chi connectivity index (χ2n) is 3.78. The number of carboxylic acids is 1. The van der Waals surface area contributed by atoms with Crippen LogP contribution in [0.2, 0.25) is 0 Å². The third kappa shape index (κ3) is 2.97. The summed E-state index contributed by atoms with van der Waals surface area (Å²) in [6.45, 7) is 3.90. The maximum Gasteiger partial charge on any atom is 0.304 e. The van der Waals surface area contributed by atoms with Gasteiger partial charge in [-0.1, -0.05) is 0 Å². The van der Waals surface area contributed by atoms with Crippen LogP contribution in [0.5, 0.6) is 0 Å². The molecule has 0 aliphatic carbocycles. The van der Waals surface area contributed by atoms with Gasteiger partial charge in [-0.3, -0.25) is 9.69 Å². The van der Waals surface area contributed by atoms with E-state index in [-0.39, 0.29) is 19.1 Å². The lowest BCUT2D eigenvalue weighted by atomic mass is 10.1. The number of aliphatic hydroxyl groups is 1. The van der Waals surface area contributed by atoms with Crippen LogP contribution in [-0.2, 0) is 4.79 Å². The maximum atomic E-state index is 10.4. The summed E-state index contributed by atoms with van der Waals surface area (Å²) >= 11 is 0. The smallest absolute Gasteiger partial charge is 0.304 e. The summed E-state index contributed by atoms with van der Waals surface area (Å²) in [5, 5.41) is 17.5. The van der Waals surface area contributed by atoms with Gasteiger partial charge in [0.05, 0.1) is 6.42 Å². The molecule has 2 unspecified atom stereocenters. The molecule has 0 amide bonds. The first-order chi connectivity index (χ1) is 6.13. The molecule has 0 radical (unpaired) electrons. The highest BCUT2D eigenvalue weighted by molar-refractivity contribution is 5.67. The molecule has 4 nitrogen and oxygen atoms in total. The highest BCUT2D eigenvalue weighted by Gasteiger charge is 2.26. The Labute approximate surface area is 78.2 Å². The predicted octanol–water partition coefficient (Wildman–Crippen LogP) is 0.164. The molecule has 0 bridgehead atoms. The Morgan fingerprint density at radius 3 is 2.85 bits per heavy atom. The van der Waals surface area contributed by atoms with E-state index >= 15 is 0 Å². The van der Waals surface area contributed by atoms with Crippen LogP contribution >= 0.6 is 0 Å². The fraction of sp³-hybridized carbons (Fsp3) is 0.889. The van der Waals surface area contributed by atoms with E-state index in [1.54, 1.807) is 0 Å². The number of hydrogen-bond donors (Lipinski definition) is 2. The Morgan fingerprint density at radius 2 is 2.38 bits per heavy atom. The summed E-state index contributed by atoms with van der Waals surface area (Å²) in [5.41, 5.74) is 0. The molecule has 76 valence electrons. The third-order valence-corrected chi connectivity index (χ3v) is 2.67. The van der Waals surface area contributed by atoms with Crippen molar-refractivity contribution in [3.8, 4) is 0 Å². The van der Waals surface area contributed by atoms with Crippen molar-refractivity contribution in [1.82, 2.24) is 4.90 Å². The first kappa shape index (κ1) is 10.5. The van der Waals surface area contributed by atoms with Crippen LogP contribution in [0.15, 0.2) is 0 Å². The van der Waals surface area contributed by atoms with E-state index in [2.05, 4.69) is 4.90 Å². The lowest BCUT2D eigenvalue weighted by Crippen LogP contribution is -2.33. The van der Waals surface area contributed by atoms with Crippen molar-refractivity contribution < 1.29 is 15.0 Å². The average Bonchev–Trinajstić information content (AvgIpc) is 2.50. The molecule has 0 aromatic heterocycles. The average molecular weight is 187 g/mol. The molecule has 1 heterocycles. The Bertz CT molecular complexity index is 184. The minimum Gasteiger partial charge on any atom is -0.481 e. The van der Waals surface area contributed by atoms with Crippen LogP contribution in [0.3, 0.4) is 0 Å². The number of carboxylic acid groups (broad SMARTS) is 1. The molecule has 0 spiro atoms. The van der Waals surface area contributed by atoms with Gasteiger partial charge in [-0.2, -0.15) is 0 Å². The van der Waals surface area contributed by atoms with Gasteiger partial charge in [-0.25, -0.2) is 0 Å². The van der Waals surface area contributed by atoms with Gasteiger partial charge in [-0.15, -0.1) is 0 Å². The monoisotopic (exact) mass is 187 g/mol. The summed E-state index contributed by atoms with van der Waals surface area (Å²) in [6.07, 6.45) is 1.18. The Balaban J connectivity index is 2.32. The number of aliphatic hydroxyl groups excluding tert-OH is 1. The molecule has 4 heteroatoms. The van der Waals surface area contributed by atoms with Gasteiger partial charge in [0.15, 0.2) is 0 Å². The number of rotatable bonds is 4. The van der Waals surface area contributed by atoms with Crippen molar-refractivity contribution in [2.75, 3.05) is 19.7 Å². The number of carbonyl (C=O) groups is 1. The highest BCUT2D eigenvalue weighted by Crippen LogP contribution is 2.19. The minimum absolute atomic E-state index is 0.0917. The van der Waals surface area contributed by atoms with Gasteiger partial charge in [0.1, 0.15) is 0 Å². The second kappa shape index (κ2) is 4.58. The van der Waals surface area contributed by atoms with E-state index in [0.29, 0.717) is 5.92 Å². The van der Waals surface area contributed by atoms with Crippen molar-refractivity contribution in [2.24, 2.45) is 5.92 Å². The van der Waals surface area contributed by atoms with Crippen molar-refractivity contribution in [2.45, 2.75) is 25.8 Å². The van der Waals surface area contributed by atoms with Gasteiger partial charge in [-0.05, 0) is 25.8 Å². The molecule has 0 saturated carbocycles. The number of hydrogen-bond acceptors (Lipinski definition) is 3. The van der Waals surface area contributed by atoms with Crippen LogP contribution < -0.4 is 0 Å². The molecule has 1 saturated heterocycles. The molecule has 0 aromatic rings. The Hall–Kier alpha value is -0.610. The normalized spacial score (nSPS) is 26.2. The topological polar surface area (TPSA) is 60.8 Å². The zero-order chi connectivity index (χ0) is 9.84. The van der Waals surface area contributed by atoms with Crippen molar-refractivity contribution in [3.05, 3.63) is 0 Å². The Kier molecular flexibility index (Phi) is 3.69. The SMILES string of the molecule is CC(CC(=O)O)N1CCC(CO)C1. The quantitative estimate of drug-likeness (QED) is 0.658. The predicted molar refractivity (Wildman–Crippen MR) is 48.5 cm³/mol. The lowest BCUT2D eigenvalue weighted by Gasteiger charge is -2.22. The van der Waals surface area contributed by atoms with Crippen LogP contribution in [0.4, 0.5) is 0 Å². The van der Waals surface area contributed by atoms with Crippen molar-refractivity contribution in [3.63, 3.8) is 0 Å². The first-order valence-electron chi connectivity index (χ1n) is 4.70. The van der Waals surface area contributed by atoms with Crippen LogP contribution in [0.1, 0.15) is 19.8 Å². The highest BCUT2D eigenvalue weighted by atomic mass is 16.4. The molecule has 1 aliphatic heterocycles. The first-order valence-corrected chi connectivity index (χ1v) is 4.70. The number of nitrogens with zero attached hydrogens (tertiary/aromatic N) is 1. The van der Waals surface area contributed by atoms with E-state index in [4.69, 9.17) is 10.2 Å². The summed E-state index contributed by atoms with van der Waals surface area (Å²) in [4.78, 5) is 12.6. The number of aliphatic carboxylic acids is 1.